The zero-order valence-corrected chi connectivity index (χ0v) is 34.9. The Kier molecular flexibility index (Phi) is 11.1. The first-order valence-corrected chi connectivity index (χ1v) is 21.3. The molecule has 9 rings (SSSR count). The topological polar surface area (TPSA) is 162 Å². The Morgan fingerprint density at radius 2 is 1.74 bits per heavy atom. The number of rotatable bonds is 8. The summed E-state index contributed by atoms with van der Waals surface area (Å²) < 4.78 is 40.3. The second-order valence-corrected chi connectivity index (χ2v) is 17.0. The number of aryl methyl sites for hydroxylation is 2. The SMILES string of the molecule is Cc1cc(C(=O)N2CC[C@H](CN3CCC(n4c(C)cc5c(N6CCC(=O)NC6=O)cccc54)CC3)C(F)(F)C2)ccc1[C@H]1CN(c2cc(-c3ccccc3O)nnc2N)CCO1. The number of urea groups is 1. The maximum atomic E-state index is 15.9. The van der Waals surface area contributed by atoms with Crippen molar-refractivity contribution in [3.05, 3.63) is 95.2 Å². The number of nitrogens with two attached hydrogens (primary N) is 1. The molecule has 4 aliphatic heterocycles. The number of carbonyl (C=O) groups is 3. The summed E-state index contributed by atoms with van der Waals surface area (Å²) in [6.07, 6.45) is 1.70. The molecule has 2 aromatic heterocycles. The first kappa shape index (κ1) is 41.2. The molecule has 4 N–H and O–H groups in total. The van der Waals surface area contributed by atoms with E-state index >= 15 is 8.78 Å². The number of morpholine rings is 1. The van der Waals surface area contributed by atoms with E-state index in [9.17, 15) is 19.5 Å². The van der Waals surface area contributed by atoms with Gasteiger partial charge in [0.15, 0.2) is 5.82 Å². The van der Waals surface area contributed by atoms with Gasteiger partial charge in [-0.3, -0.25) is 19.8 Å². The van der Waals surface area contributed by atoms with Gasteiger partial charge < -0.3 is 34.8 Å². The average Bonchev–Trinajstić information content (AvgIpc) is 3.60. The second-order valence-electron chi connectivity index (χ2n) is 17.0. The van der Waals surface area contributed by atoms with E-state index in [1.54, 1.807) is 35.2 Å². The lowest BCUT2D eigenvalue weighted by atomic mass is 9.90. The number of phenols is 1. The Hall–Kier alpha value is -6.13. The fourth-order valence-corrected chi connectivity index (χ4v) is 9.81. The maximum Gasteiger partial charge on any atom is 0.328 e. The molecule has 16 heteroatoms. The lowest BCUT2D eigenvalue weighted by Gasteiger charge is -2.42. The predicted molar refractivity (Wildman–Crippen MR) is 231 cm³/mol. The lowest BCUT2D eigenvalue weighted by molar-refractivity contribution is -0.120. The van der Waals surface area contributed by atoms with Crippen LogP contribution in [0.25, 0.3) is 22.2 Å². The highest BCUT2D eigenvalue weighted by Gasteiger charge is 2.47. The van der Waals surface area contributed by atoms with Crippen LogP contribution in [0.5, 0.6) is 5.75 Å². The quantitative estimate of drug-likeness (QED) is 0.158. The number of carbonyl (C=O) groups excluding carboxylic acids is 3. The van der Waals surface area contributed by atoms with Crippen LogP contribution in [0.3, 0.4) is 0 Å². The molecule has 4 fully saturated rings. The van der Waals surface area contributed by atoms with Crippen molar-refractivity contribution in [2.45, 2.75) is 57.6 Å². The standard InChI is InChI=1S/C46H51F2N9O5/c1-28-22-30(10-11-33(28)41-26-54(20-21-62-41)39-24-36(51-52-43(39)49)34-6-3-4-9-40(34)58)44(60)55-18-12-31(46(47,48)27-55)25-53-16-13-32(14-17-53)57-29(2)23-35-37(7-5-8-38(35)57)56-19-15-42(59)50-45(56)61/h3-11,22-24,31-32,41,58H,12-21,25-27H2,1-2H3,(H2,49,52)(H,50,59,61)/t31-,41-/m1/s1. The van der Waals surface area contributed by atoms with Crippen molar-refractivity contribution < 1.29 is 33.0 Å². The number of ether oxygens (including phenoxy) is 1. The summed E-state index contributed by atoms with van der Waals surface area (Å²) in [5.41, 5.74) is 12.9. The summed E-state index contributed by atoms with van der Waals surface area (Å²) in [6, 6.07) is 21.7. The number of nitrogens with zero attached hydrogens (tertiary/aromatic N) is 7. The van der Waals surface area contributed by atoms with Gasteiger partial charge in [0.05, 0.1) is 35.7 Å². The van der Waals surface area contributed by atoms with E-state index in [2.05, 4.69) is 42.9 Å². The number of para-hydroxylation sites is 1. The minimum Gasteiger partial charge on any atom is -0.507 e. The van der Waals surface area contributed by atoms with Crippen LogP contribution in [-0.4, -0.2) is 112 Å². The molecule has 62 heavy (non-hydrogen) atoms. The number of benzene rings is 3. The van der Waals surface area contributed by atoms with Crippen molar-refractivity contribution in [1.82, 2.24) is 29.9 Å². The van der Waals surface area contributed by atoms with Crippen LogP contribution in [0, 0.1) is 19.8 Å². The number of fused-ring (bicyclic) bond motifs is 1. The van der Waals surface area contributed by atoms with Gasteiger partial charge in [-0.05, 0) is 92.8 Å². The number of hydrogen-bond acceptors (Lipinski definition) is 10. The summed E-state index contributed by atoms with van der Waals surface area (Å²) >= 11 is 0. The summed E-state index contributed by atoms with van der Waals surface area (Å²) in [5, 5.41) is 22.1. The van der Waals surface area contributed by atoms with Gasteiger partial charge in [0.1, 0.15) is 11.9 Å². The van der Waals surface area contributed by atoms with Crippen LogP contribution in [0.1, 0.15) is 65.0 Å². The molecular weight excluding hydrogens is 797 g/mol. The fourth-order valence-electron chi connectivity index (χ4n) is 9.81. The van der Waals surface area contributed by atoms with Crippen LogP contribution in [0.4, 0.5) is 30.8 Å². The van der Waals surface area contributed by atoms with Crippen molar-refractivity contribution in [3.63, 3.8) is 0 Å². The van der Waals surface area contributed by atoms with Gasteiger partial charge >= 0.3 is 6.03 Å². The molecule has 324 valence electrons. The number of aromatic hydroxyl groups is 1. The minimum absolute atomic E-state index is 0.0890. The molecule has 0 bridgehead atoms. The minimum atomic E-state index is -3.04. The van der Waals surface area contributed by atoms with Crippen molar-refractivity contribution in [2.75, 3.05) is 74.5 Å². The molecule has 0 spiro atoms. The predicted octanol–water partition coefficient (Wildman–Crippen LogP) is 6.46. The average molecular weight is 848 g/mol. The summed E-state index contributed by atoms with van der Waals surface area (Å²) in [6.45, 7) is 6.94. The number of imide groups is 1. The number of alkyl halides is 2. The molecule has 2 atom stereocenters. The van der Waals surface area contributed by atoms with Crippen molar-refractivity contribution >= 4 is 45.9 Å². The van der Waals surface area contributed by atoms with E-state index < -0.39 is 30.3 Å². The van der Waals surface area contributed by atoms with Gasteiger partial charge in [0, 0.05) is 86.4 Å². The van der Waals surface area contributed by atoms with Crippen LogP contribution >= 0.6 is 0 Å². The number of nitrogens with one attached hydrogen (secondary N) is 1. The number of amides is 4. The highest BCUT2D eigenvalue weighted by atomic mass is 19.3. The van der Waals surface area contributed by atoms with Gasteiger partial charge in [-0.1, -0.05) is 24.3 Å². The van der Waals surface area contributed by atoms with Gasteiger partial charge in [-0.15, -0.1) is 10.2 Å². The number of likely N-dealkylation sites (tertiary alicyclic amines) is 2. The molecule has 0 radical (unpaired) electrons. The molecule has 6 heterocycles. The van der Waals surface area contributed by atoms with Crippen molar-refractivity contribution in [1.29, 1.82) is 0 Å². The molecule has 3 aromatic carbocycles. The first-order chi connectivity index (χ1) is 29.8. The molecule has 4 aliphatic rings. The fraction of sp³-hybridized carbons (Fsp3) is 0.413. The Bertz CT molecular complexity index is 2540. The Balaban J connectivity index is 0.806. The number of anilines is 3. The third-order valence-corrected chi connectivity index (χ3v) is 13.1. The normalized spacial score (nSPS) is 21.4. The van der Waals surface area contributed by atoms with Gasteiger partial charge in [0.25, 0.3) is 11.8 Å². The maximum absolute atomic E-state index is 15.9. The van der Waals surface area contributed by atoms with Crippen LogP contribution in [0.15, 0.2) is 72.8 Å². The third kappa shape index (κ3) is 7.92. The van der Waals surface area contributed by atoms with E-state index in [1.165, 1.54) is 4.90 Å². The molecule has 0 unspecified atom stereocenters. The monoisotopic (exact) mass is 847 g/mol. The molecular formula is C46H51F2N9O5. The van der Waals surface area contributed by atoms with E-state index in [0.29, 0.717) is 61.8 Å². The van der Waals surface area contributed by atoms with Gasteiger partial charge in [-0.2, -0.15) is 0 Å². The van der Waals surface area contributed by atoms with Crippen LogP contribution in [0.2, 0.25) is 0 Å². The highest BCUT2D eigenvalue weighted by Crippen LogP contribution is 2.39. The highest BCUT2D eigenvalue weighted by molar-refractivity contribution is 6.09. The largest absolute Gasteiger partial charge is 0.507 e. The molecule has 14 nitrogen and oxygen atoms in total. The smallest absolute Gasteiger partial charge is 0.328 e. The summed E-state index contributed by atoms with van der Waals surface area (Å²) in [7, 11) is 0. The van der Waals surface area contributed by atoms with Crippen LogP contribution in [-0.2, 0) is 9.53 Å². The van der Waals surface area contributed by atoms with Gasteiger partial charge in [0.2, 0.25) is 5.91 Å². The van der Waals surface area contributed by atoms with E-state index in [0.717, 1.165) is 46.3 Å². The summed E-state index contributed by atoms with van der Waals surface area (Å²) in [5.74, 6) is -4.25. The number of phenolic OH excluding ortho intramolecular Hbond substituents is 1. The summed E-state index contributed by atoms with van der Waals surface area (Å²) in [4.78, 5) is 45.3. The molecule has 4 saturated heterocycles. The number of piperidine rings is 2. The van der Waals surface area contributed by atoms with E-state index in [-0.39, 0.29) is 55.6 Å². The van der Waals surface area contributed by atoms with Crippen LogP contribution < -0.4 is 20.9 Å². The van der Waals surface area contributed by atoms with Crippen molar-refractivity contribution in [2.24, 2.45) is 5.92 Å². The van der Waals surface area contributed by atoms with E-state index in [4.69, 9.17) is 10.5 Å². The van der Waals surface area contributed by atoms with Gasteiger partial charge in [-0.25, -0.2) is 13.6 Å². The number of aromatic nitrogens is 3. The molecule has 4 amide bonds. The zero-order chi connectivity index (χ0) is 43.3. The number of hydrogen-bond donors (Lipinski definition) is 3. The third-order valence-electron chi connectivity index (χ3n) is 13.1. The number of halogens is 2. The second kappa shape index (κ2) is 16.6. The zero-order valence-electron chi connectivity index (χ0n) is 34.9. The Morgan fingerprint density at radius 1 is 0.935 bits per heavy atom. The molecule has 5 aromatic rings. The molecule has 0 aliphatic carbocycles. The van der Waals surface area contributed by atoms with E-state index in [1.807, 2.05) is 43.3 Å². The molecule has 0 saturated carbocycles. The number of nitrogen functional groups attached to an aromatic ring is 1. The Morgan fingerprint density at radius 3 is 2.50 bits per heavy atom. The Labute approximate surface area is 358 Å². The lowest BCUT2D eigenvalue weighted by Crippen LogP contribution is -2.54. The first-order valence-electron chi connectivity index (χ1n) is 21.3. The van der Waals surface area contributed by atoms with Crippen molar-refractivity contribution in [3.8, 4) is 17.0 Å².